The van der Waals surface area contributed by atoms with E-state index in [0.717, 1.165) is 6.54 Å². The summed E-state index contributed by atoms with van der Waals surface area (Å²) in [5, 5.41) is 0. The van der Waals surface area contributed by atoms with Gasteiger partial charge in [-0.05, 0) is 25.8 Å². The Labute approximate surface area is 86.1 Å². The Bertz CT molecular complexity index is 268. The highest BCUT2D eigenvalue weighted by Gasteiger charge is 2.28. The molecule has 2 heterocycles. The highest BCUT2D eigenvalue weighted by Crippen LogP contribution is 2.23. The van der Waals surface area contributed by atoms with Crippen LogP contribution in [0.25, 0.3) is 0 Å². The maximum absolute atomic E-state index is 4.25. The molecule has 2 aliphatic heterocycles. The Hall–Kier alpha value is -0.830. The molecule has 0 aliphatic carbocycles. The summed E-state index contributed by atoms with van der Waals surface area (Å²) in [6.07, 6.45) is 5.20. The molecule has 1 atom stereocenters. The number of rotatable bonds is 1. The van der Waals surface area contributed by atoms with Crippen molar-refractivity contribution >= 4 is 6.34 Å². The number of fused-ring (bicyclic) bond motifs is 1. The van der Waals surface area contributed by atoms with Crippen LogP contribution in [0.5, 0.6) is 0 Å². The molecule has 0 radical (unpaired) electrons. The summed E-state index contributed by atoms with van der Waals surface area (Å²) in [5.41, 5.74) is 1.47. The van der Waals surface area contributed by atoms with Crippen molar-refractivity contribution in [3.63, 3.8) is 0 Å². The molecule has 1 unspecified atom stereocenters. The molecule has 14 heavy (non-hydrogen) atoms. The van der Waals surface area contributed by atoms with Crippen LogP contribution < -0.4 is 0 Å². The number of hydrogen-bond acceptors (Lipinski definition) is 3. The number of likely N-dealkylation sites (N-methyl/N-ethyl adjacent to an activating group) is 1. The summed E-state index contributed by atoms with van der Waals surface area (Å²) in [6, 6.07) is 1.25. The molecular formula is C11H19N3. The van der Waals surface area contributed by atoms with Gasteiger partial charge in [-0.2, -0.15) is 0 Å². The van der Waals surface area contributed by atoms with Gasteiger partial charge in [0.05, 0.1) is 12.4 Å². The van der Waals surface area contributed by atoms with Crippen LogP contribution in [0, 0.1) is 0 Å². The monoisotopic (exact) mass is 193 g/mol. The number of nitrogens with zero attached hydrogens (tertiary/aromatic N) is 3. The first-order valence-corrected chi connectivity index (χ1v) is 5.36. The molecule has 3 nitrogen and oxygen atoms in total. The van der Waals surface area contributed by atoms with Gasteiger partial charge in [0.1, 0.15) is 0 Å². The lowest BCUT2D eigenvalue weighted by Crippen LogP contribution is -2.47. The largest absolute Gasteiger partial charge is 0.359 e. The van der Waals surface area contributed by atoms with Crippen LogP contribution in [0.3, 0.4) is 0 Å². The molecule has 1 fully saturated rings. The van der Waals surface area contributed by atoms with E-state index < -0.39 is 0 Å². The fourth-order valence-corrected chi connectivity index (χ4v) is 2.24. The maximum Gasteiger partial charge on any atom is 0.0907 e. The Balaban J connectivity index is 2.09. The molecule has 0 saturated carbocycles. The third-order valence-electron chi connectivity index (χ3n) is 3.21. The first-order chi connectivity index (χ1) is 6.68. The van der Waals surface area contributed by atoms with Crippen molar-refractivity contribution < 1.29 is 0 Å². The van der Waals surface area contributed by atoms with Crippen molar-refractivity contribution in [3.8, 4) is 0 Å². The zero-order chi connectivity index (χ0) is 10.1. The summed E-state index contributed by atoms with van der Waals surface area (Å²) in [5.74, 6) is 0. The van der Waals surface area contributed by atoms with Gasteiger partial charge in [0.2, 0.25) is 0 Å². The van der Waals surface area contributed by atoms with E-state index in [1.54, 1.807) is 0 Å². The van der Waals surface area contributed by atoms with Gasteiger partial charge >= 0.3 is 0 Å². The lowest BCUT2D eigenvalue weighted by molar-refractivity contribution is 0.178. The van der Waals surface area contributed by atoms with Gasteiger partial charge in [-0.3, -0.25) is 4.90 Å². The summed E-state index contributed by atoms with van der Waals surface area (Å²) in [6.45, 7) is 6.81. The fourth-order valence-electron chi connectivity index (χ4n) is 2.24. The van der Waals surface area contributed by atoms with E-state index in [1.165, 1.54) is 18.5 Å². The highest BCUT2D eigenvalue weighted by molar-refractivity contribution is 5.59. The number of likely N-dealkylation sites (tertiary alicyclic amines) is 1. The van der Waals surface area contributed by atoms with Crippen LogP contribution in [0.1, 0.15) is 20.3 Å². The van der Waals surface area contributed by atoms with Crippen molar-refractivity contribution in [1.82, 2.24) is 9.80 Å². The molecule has 3 heteroatoms. The minimum Gasteiger partial charge on any atom is -0.359 e. The Kier molecular flexibility index (Phi) is 2.59. The summed E-state index contributed by atoms with van der Waals surface area (Å²) < 4.78 is 0. The van der Waals surface area contributed by atoms with Gasteiger partial charge in [-0.25, -0.2) is 4.99 Å². The van der Waals surface area contributed by atoms with Gasteiger partial charge in [0, 0.05) is 32.4 Å². The maximum atomic E-state index is 4.25. The standard InChI is InChI=1S/C11H19N3/c1-9(2)14-5-4-11-10(7-14)6-12-8-13(11)3/h6,8-9,11H,4-5,7H2,1-3H3. The summed E-state index contributed by atoms with van der Waals surface area (Å²) >= 11 is 0. The zero-order valence-electron chi connectivity index (χ0n) is 9.27. The predicted octanol–water partition coefficient (Wildman–Crippen LogP) is 1.33. The Morgan fingerprint density at radius 1 is 1.50 bits per heavy atom. The van der Waals surface area contributed by atoms with E-state index in [-0.39, 0.29) is 0 Å². The molecule has 2 aliphatic rings. The minimum absolute atomic E-state index is 0.600. The van der Waals surface area contributed by atoms with E-state index in [9.17, 15) is 0 Å². The predicted molar refractivity (Wildman–Crippen MR) is 59.5 cm³/mol. The molecule has 0 spiro atoms. The molecule has 1 saturated heterocycles. The smallest absolute Gasteiger partial charge is 0.0907 e. The number of piperidine rings is 1. The fraction of sp³-hybridized carbons (Fsp3) is 0.727. The second-order valence-electron chi connectivity index (χ2n) is 4.50. The van der Waals surface area contributed by atoms with E-state index >= 15 is 0 Å². The van der Waals surface area contributed by atoms with Crippen LogP contribution in [0.4, 0.5) is 0 Å². The van der Waals surface area contributed by atoms with Crippen LogP contribution in [-0.2, 0) is 0 Å². The first-order valence-electron chi connectivity index (χ1n) is 5.36. The van der Waals surface area contributed by atoms with Gasteiger partial charge in [0.15, 0.2) is 0 Å². The molecule has 0 amide bonds. The van der Waals surface area contributed by atoms with Crippen LogP contribution >= 0.6 is 0 Å². The van der Waals surface area contributed by atoms with Crippen LogP contribution in [0.15, 0.2) is 16.8 Å². The summed E-state index contributed by atoms with van der Waals surface area (Å²) in [7, 11) is 2.12. The summed E-state index contributed by atoms with van der Waals surface area (Å²) in [4.78, 5) is 8.99. The average molecular weight is 193 g/mol. The Morgan fingerprint density at radius 3 is 3.00 bits per heavy atom. The van der Waals surface area contributed by atoms with Crippen molar-refractivity contribution in [1.29, 1.82) is 0 Å². The molecular weight excluding hydrogens is 174 g/mol. The molecule has 2 rings (SSSR count). The van der Waals surface area contributed by atoms with Crippen LogP contribution in [0.2, 0.25) is 0 Å². The SMILES string of the molecule is CC(C)N1CCC2C(=CN=CN2C)C1. The normalized spacial score (nSPS) is 27.9. The lowest BCUT2D eigenvalue weighted by Gasteiger charge is -2.40. The topological polar surface area (TPSA) is 18.8 Å². The van der Waals surface area contributed by atoms with E-state index in [1.807, 2.05) is 12.5 Å². The Morgan fingerprint density at radius 2 is 2.29 bits per heavy atom. The van der Waals surface area contributed by atoms with Gasteiger partial charge in [-0.1, -0.05) is 0 Å². The molecule has 0 aromatic carbocycles. The quantitative estimate of drug-likeness (QED) is 0.625. The van der Waals surface area contributed by atoms with E-state index in [2.05, 4.69) is 35.7 Å². The third-order valence-corrected chi connectivity index (χ3v) is 3.21. The molecule has 0 aromatic heterocycles. The van der Waals surface area contributed by atoms with E-state index in [0.29, 0.717) is 12.1 Å². The second-order valence-corrected chi connectivity index (χ2v) is 4.50. The van der Waals surface area contributed by atoms with Gasteiger partial charge in [0.25, 0.3) is 0 Å². The van der Waals surface area contributed by atoms with Crippen molar-refractivity contribution in [3.05, 3.63) is 11.8 Å². The highest BCUT2D eigenvalue weighted by atomic mass is 15.2. The molecule has 0 N–H and O–H groups in total. The van der Waals surface area contributed by atoms with Gasteiger partial charge in [-0.15, -0.1) is 0 Å². The molecule has 0 aromatic rings. The number of hydrogen-bond donors (Lipinski definition) is 0. The molecule has 0 bridgehead atoms. The number of aliphatic imine (C=N–C) groups is 1. The van der Waals surface area contributed by atoms with Crippen molar-refractivity contribution in [2.24, 2.45) is 4.99 Å². The van der Waals surface area contributed by atoms with Crippen molar-refractivity contribution in [2.45, 2.75) is 32.4 Å². The average Bonchev–Trinajstić information content (AvgIpc) is 2.17. The van der Waals surface area contributed by atoms with E-state index in [4.69, 9.17) is 0 Å². The lowest BCUT2D eigenvalue weighted by atomic mass is 9.97. The molecule has 78 valence electrons. The van der Waals surface area contributed by atoms with Gasteiger partial charge < -0.3 is 4.90 Å². The first kappa shape index (κ1) is 9.71. The third kappa shape index (κ3) is 1.69. The second kappa shape index (κ2) is 3.73. The minimum atomic E-state index is 0.600. The zero-order valence-corrected chi connectivity index (χ0v) is 9.27. The van der Waals surface area contributed by atoms with Crippen LogP contribution in [-0.4, -0.2) is 48.4 Å². The van der Waals surface area contributed by atoms with Crippen molar-refractivity contribution in [2.75, 3.05) is 20.1 Å².